The third-order valence-electron chi connectivity index (χ3n) is 3.34. The number of fused-ring (bicyclic) bond motifs is 1. The lowest BCUT2D eigenvalue weighted by molar-refractivity contribution is -0.116. The molecule has 0 spiro atoms. The van der Waals surface area contributed by atoms with Crippen LogP contribution in [0.1, 0.15) is 37.0 Å². The highest BCUT2D eigenvalue weighted by Crippen LogP contribution is 2.26. The van der Waals surface area contributed by atoms with Gasteiger partial charge in [-0.15, -0.1) is 10.2 Å². The molecule has 2 aromatic heterocycles. The molecule has 24 heavy (non-hydrogen) atoms. The van der Waals surface area contributed by atoms with E-state index < -0.39 is 0 Å². The van der Waals surface area contributed by atoms with Gasteiger partial charge in [-0.25, -0.2) is 0 Å². The second-order valence-corrected chi connectivity index (χ2v) is 7.46. The second-order valence-electron chi connectivity index (χ2n) is 5.58. The average Bonchev–Trinajstić information content (AvgIpc) is 3.08. The fourth-order valence-corrected chi connectivity index (χ4v) is 3.34. The highest BCUT2D eigenvalue weighted by molar-refractivity contribution is 7.16. The predicted octanol–water partition coefficient (Wildman–Crippen LogP) is 4.19. The fourth-order valence-electron chi connectivity index (χ4n) is 2.16. The fraction of sp³-hybridized carbons (Fsp3) is 0.333. The normalized spacial score (nSPS) is 11.4. The molecule has 3 aromatic rings. The van der Waals surface area contributed by atoms with Gasteiger partial charge in [-0.05, 0) is 18.2 Å². The van der Waals surface area contributed by atoms with Gasteiger partial charge >= 0.3 is 0 Å². The van der Waals surface area contributed by atoms with Crippen molar-refractivity contribution in [2.75, 3.05) is 5.32 Å². The zero-order valence-corrected chi connectivity index (χ0v) is 15.4. The van der Waals surface area contributed by atoms with E-state index in [1.807, 2.05) is 13.8 Å². The van der Waals surface area contributed by atoms with Crippen LogP contribution in [-0.2, 0) is 11.2 Å². The van der Waals surface area contributed by atoms with Gasteiger partial charge in [0.25, 0.3) is 0 Å². The molecule has 0 radical (unpaired) electrons. The van der Waals surface area contributed by atoms with Crippen LogP contribution in [0.2, 0.25) is 10.0 Å². The first-order chi connectivity index (χ1) is 11.4. The van der Waals surface area contributed by atoms with Crippen molar-refractivity contribution in [3.63, 3.8) is 0 Å². The Morgan fingerprint density at radius 2 is 2.12 bits per heavy atom. The number of rotatable bonds is 5. The molecule has 126 valence electrons. The van der Waals surface area contributed by atoms with E-state index in [4.69, 9.17) is 23.2 Å². The Kier molecular flexibility index (Phi) is 5.03. The van der Waals surface area contributed by atoms with Crippen LogP contribution in [0, 0.1) is 0 Å². The molecule has 0 saturated heterocycles. The predicted molar refractivity (Wildman–Crippen MR) is 96.2 cm³/mol. The van der Waals surface area contributed by atoms with E-state index in [2.05, 4.69) is 20.6 Å². The van der Waals surface area contributed by atoms with Gasteiger partial charge in [0.05, 0.1) is 10.7 Å². The summed E-state index contributed by atoms with van der Waals surface area (Å²) in [6, 6.07) is 4.95. The van der Waals surface area contributed by atoms with Crippen LogP contribution >= 0.6 is 34.5 Å². The molecule has 0 unspecified atom stereocenters. The second kappa shape index (κ2) is 7.04. The number of anilines is 1. The molecule has 0 aliphatic heterocycles. The van der Waals surface area contributed by atoms with Crippen molar-refractivity contribution >= 4 is 51.1 Å². The molecule has 1 N–H and O–H groups in total. The summed E-state index contributed by atoms with van der Waals surface area (Å²) in [6.07, 6.45) is 0.819. The van der Waals surface area contributed by atoms with Crippen molar-refractivity contribution in [2.45, 2.75) is 32.6 Å². The molecule has 3 rings (SSSR count). The highest BCUT2D eigenvalue weighted by Gasteiger charge is 2.15. The summed E-state index contributed by atoms with van der Waals surface area (Å²) in [4.78, 5) is 12.8. The van der Waals surface area contributed by atoms with E-state index in [1.165, 1.54) is 11.3 Å². The van der Waals surface area contributed by atoms with Crippen LogP contribution in [0.3, 0.4) is 0 Å². The van der Waals surface area contributed by atoms with Gasteiger partial charge in [-0.2, -0.15) is 9.61 Å². The molecular formula is C15H15Cl2N5OS. The molecule has 0 aliphatic carbocycles. The SMILES string of the molecule is CC(C)c1nnc2sc(CCC(=O)Nc3cc(Cl)ccc3Cl)nn12. The summed E-state index contributed by atoms with van der Waals surface area (Å²) in [7, 11) is 0. The van der Waals surface area contributed by atoms with E-state index in [0.29, 0.717) is 28.6 Å². The van der Waals surface area contributed by atoms with Gasteiger partial charge in [-0.1, -0.05) is 48.4 Å². The summed E-state index contributed by atoms with van der Waals surface area (Å²) in [5.74, 6) is 0.917. The Balaban J connectivity index is 1.65. The third-order valence-corrected chi connectivity index (χ3v) is 4.86. The lowest BCUT2D eigenvalue weighted by Crippen LogP contribution is -2.12. The molecule has 0 atom stereocenters. The van der Waals surface area contributed by atoms with Crippen molar-refractivity contribution in [3.05, 3.63) is 39.1 Å². The van der Waals surface area contributed by atoms with Gasteiger partial charge < -0.3 is 5.32 Å². The number of aryl methyl sites for hydroxylation is 1. The molecule has 0 fully saturated rings. The Hall–Kier alpha value is -1.70. The van der Waals surface area contributed by atoms with Crippen LogP contribution < -0.4 is 5.32 Å². The van der Waals surface area contributed by atoms with E-state index in [1.54, 1.807) is 22.7 Å². The summed E-state index contributed by atoms with van der Waals surface area (Å²) < 4.78 is 1.75. The zero-order chi connectivity index (χ0) is 17.3. The lowest BCUT2D eigenvalue weighted by atomic mass is 10.2. The van der Waals surface area contributed by atoms with E-state index in [-0.39, 0.29) is 11.8 Å². The summed E-state index contributed by atoms with van der Waals surface area (Å²) >= 11 is 13.4. The van der Waals surface area contributed by atoms with Crippen LogP contribution in [0.15, 0.2) is 18.2 Å². The average molecular weight is 384 g/mol. The van der Waals surface area contributed by atoms with E-state index in [0.717, 1.165) is 15.8 Å². The van der Waals surface area contributed by atoms with Gasteiger partial charge in [0.15, 0.2) is 5.82 Å². The Bertz CT molecular complexity index is 889. The van der Waals surface area contributed by atoms with Crippen molar-refractivity contribution in [1.82, 2.24) is 19.8 Å². The number of nitrogens with zero attached hydrogens (tertiary/aromatic N) is 4. The maximum Gasteiger partial charge on any atom is 0.234 e. The van der Waals surface area contributed by atoms with Gasteiger partial charge in [-0.3, -0.25) is 4.79 Å². The largest absolute Gasteiger partial charge is 0.325 e. The number of nitrogens with one attached hydrogen (secondary N) is 1. The number of hydrogen-bond donors (Lipinski definition) is 1. The zero-order valence-electron chi connectivity index (χ0n) is 13.1. The van der Waals surface area contributed by atoms with Crippen molar-refractivity contribution in [1.29, 1.82) is 0 Å². The first kappa shape index (κ1) is 17.1. The monoisotopic (exact) mass is 383 g/mol. The van der Waals surface area contributed by atoms with Gasteiger partial charge in [0.2, 0.25) is 10.9 Å². The minimum Gasteiger partial charge on any atom is -0.325 e. The summed E-state index contributed by atoms with van der Waals surface area (Å²) in [5, 5.41) is 17.3. The minimum atomic E-state index is -0.144. The third kappa shape index (κ3) is 3.68. The van der Waals surface area contributed by atoms with E-state index in [9.17, 15) is 4.79 Å². The first-order valence-corrected chi connectivity index (χ1v) is 8.97. The van der Waals surface area contributed by atoms with Crippen LogP contribution in [0.5, 0.6) is 0 Å². The number of amides is 1. The summed E-state index contributed by atoms with van der Waals surface area (Å²) in [6.45, 7) is 4.08. The lowest BCUT2D eigenvalue weighted by Gasteiger charge is -2.07. The van der Waals surface area contributed by atoms with Gasteiger partial charge in [0.1, 0.15) is 5.01 Å². The number of halogens is 2. The first-order valence-electron chi connectivity index (χ1n) is 7.40. The van der Waals surface area contributed by atoms with Crippen molar-refractivity contribution in [3.8, 4) is 0 Å². The smallest absolute Gasteiger partial charge is 0.234 e. The molecule has 0 bridgehead atoms. The Labute approximate surface area is 152 Å². The maximum atomic E-state index is 12.1. The van der Waals surface area contributed by atoms with Crippen molar-refractivity contribution < 1.29 is 4.79 Å². The Morgan fingerprint density at radius 1 is 1.33 bits per heavy atom. The molecule has 1 aromatic carbocycles. The Morgan fingerprint density at radius 3 is 2.88 bits per heavy atom. The van der Waals surface area contributed by atoms with Gasteiger partial charge in [0, 0.05) is 23.8 Å². The molecule has 6 nitrogen and oxygen atoms in total. The number of aromatic nitrogens is 4. The number of hydrogen-bond acceptors (Lipinski definition) is 5. The molecule has 0 aliphatic rings. The number of carbonyl (C=O) groups excluding carboxylic acids is 1. The van der Waals surface area contributed by atoms with E-state index >= 15 is 0 Å². The quantitative estimate of drug-likeness (QED) is 0.716. The van der Waals surface area contributed by atoms with Crippen LogP contribution in [0.4, 0.5) is 5.69 Å². The standard InChI is InChI=1S/C15H15Cl2N5OS/c1-8(2)14-19-20-15-22(14)21-13(24-15)6-5-12(23)18-11-7-9(16)3-4-10(11)17/h3-4,7-8H,5-6H2,1-2H3,(H,18,23). The topological polar surface area (TPSA) is 72.2 Å². The molecule has 1 amide bonds. The minimum absolute atomic E-state index is 0.144. The molecule has 2 heterocycles. The van der Waals surface area contributed by atoms with Crippen LogP contribution in [-0.4, -0.2) is 25.7 Å². The molecule has 9 heteroatoms. The molecular weight excluding hydrogens is 369 g/mol. The maximum absolute atomic E-state index is 12.1. The number of benzene rings is 1. The number of carbonyl (C=O) groups is 1. The summed E-state index contributed by atoms with van der Waals surface area (Å²) in [5.41, 5.74) is 0.509. The highest BCUT2D eigenvalue weighted by atomic mass is 35.5. The molecule has 0 saturated carbocycles. The van der Waals surface area contributed by atoms with Crippen LogP contribution in [0.25, 0.3) is 4.96 Å². The van der Waals surface area contributed by atoms with Crippen molar-refractivity contribution in [2.24, 2.45) is 0 Å².